The van der Waals surface area contributed by atoms with Crippen LogP contribution in [0.15, 0.2) is 73.8 Å². The van der Waals surface area contributed by atoms with E-state index in [1.165, 1.54) is 0 Å². The third-order valence-corrected chi connectivity index (χ3v) is 10.2. The molecule has 2 aromatic rings. The lowest BCUT2D eigenvalue weighted by Gasteiger charge is -2.37. The molecule has 47 heavy (non-hydrogen) atoms. The average molecular weight is 664 g/mol. The molecular formula is C37H46ClN3O6. The molecule has 3 aliphatic heterocycles. The topological polar surface area (TPSA) is 99.6 Å². The summed E-state index contributed by atoms with van der Waals surface area (Å²) < 4.78 is 12.5. The number of hydrogen-bond acceptors (Lipinski definition) is 6. The van der Waals surface area contributed by atoms with Crippen LogP contribution in [0.25, 0.3) is 0 Å². The molecule has 0 aromatic heterocycles. The highest BCUT2D eigenvalue weighted by molar-refractivity contribution is 6.34. The van der Waals surface area contributed by atoms with Crippen LogP contribution < -0.4 is 14.5 Å². The molecule has 3 fully saturated rings. The molecule has 1 N–H and O–H groups in total. The highest BCUT2D eigenvalue weighted by Crippen LogP contribution is 2.63. The second-order valence-corrected chi connectivity index (χ2v) is 13.2. The smallest absolute Gasteiger partial charge is 0.253 e. The summed E-state index contributed by atoms with van der Waals surface area (Å²) in [6.45, 7) is 13.0. The number of halogens is 1. The Balaban J connectivity index is 1.55. The second-order valence-electron chi connectivity index (χ2n) is 12.8. The van der Waals surface area contributed by atoms with Crippen LogP contribution in [-0.4, -0.2) is 77.8 Å². The normalized spacial score (nSPS) is 25.8. The molecule has 3 aliphatic rings. The highest BCUT2D eigenvalue weighted by Gasteiger charge is 2.78. The summed E-state index contributed by atoms with van der Waals surface area (Å²) in [6.07, 6.45) is 7.21. The maximum Gasteiger partial charge on any atom is 0.253 e. The van der Waals surface area contributed by atoms with Gasteiger partial charge in [-0.15, -0.1) is 13.2 Å². The van der Waals surface area contributed by atoms with Crippen molar-refractivity contribution in [1.29, 1.82) is 0 Å². The van der Waals surface area contributed by atoms with Gasteiger partial charge in [-0.05, 0) is 75.9 Å². The molecule has 3 amide bonds. The molecule has 10 heteroatoms. The number of unbranched alkanes of at least 4 members (excludes halogenated alkanes) is 3. The van der Waals surface area contributed by atoms with Crippen molar-refractivity contribution in [3.05, 3.63) is 78.9 Å². The lowest BCUT2D eigenvalue weighted by molar-refractivity contribution is -0.144. The van der Waals surface area contributed by atoms with Gasteiger partial charge in [0.2, 0.25) is 11.8 Å². The van der Waals surface area contributed by atoms with E-state index in [9.17, 15) is 19.5 Å². The number of benzene rings is 2. The number of carbonyl (C=O) groups excluding carboxylic acids is 3. The Morgan fingerprint density at radius 1 is 1.02 bits per heavy atom. The van der Waals surface area contributed by atoms with Gasteiger partial charge in [-0.1, -0.05) is 48.7 Å². The van der Waals surface area contributed by atoms with Crippen LogP contribution in [-0.2, 0) is 19.1 Å². The van der Waals surface area contributed by atoms with Gasteiger partial charge >= 0.3 is 0 Å². The zero-order chi connectivity index (χ0) is 33.8. The molecule has 3 saturated heterocycles. The van der Waals surface area contributed by atoms with E-state index in [0.29, 0.717) is 61.0 Å². The largest absolute Gasteiger partial charge is 0.494 e. The Morgan fingerprint density at radius 2 is 1.70 bits per heavy atom. The van der Waals surface area contributed by atoms with Crippen LogP contribution in [0, 0.1) is 11.8 Å². The number of carbonyl (C=O) groups is 3. The first-order valence-electron chi connectivity index (χ1n) is 16.6. The van der Waals surface area contributed by atoms with Crippen molar-refractivity contribution < 1.29 is 29.0 Å². The number of likely N-dealkylation sites (tertiary alicyclic amines) is 1. The number of nitrogens with zero attached hydrogens (tertiary/aromatic N) is 3. The van der Waals surface area contributed by atoms with E-state index in [4.69, 9.17) is 21.1 Å². The predicted molar refractivity (Wildman–Crippen MR) is 184 cm³/mol. The van der Waals surface area contributed by atoms with Gasteiger partial charge in [0.05, 0.1) is 34.8 Å². The van der Waals surface area contributed by atoms with E-state index in [1.807, 2.05) is 44.2 Å². The number of fused-ring (bicyclic) bond motifs is 1. The van der Waals surface area contributed by atoms with Crippen molar-refractivity contribution in [1.82, 2.24) is 4.90 Å². The van der Waals surface area contributed by atoms with Gasteiger partial charge < -0.3 is 29.3 Å². The van der Waals surface area contributed by atoms with Gasteiger partial charge in [0.15, 0.2) is 0 Å². The van der Waals surface area contributed by atoms with Crippen molar-refractivity contribution in [2.24, 2.45) is 11.8 Å². The van der Waals surface area contributed by atoms with Crippen molar-refractivity contribution in [3.8, 4) is 5.75 Å². The van der Waals surface area contributed by atoms with Gasteiger partial charge in [0.1, 0.15) is 17.4 Å². The maximum absolute atomic E-state index is 14.8. The number of amides is 3. The third-order valence-electron chi connectivity index (χ3n) is 9.84. The van der Waals surface area contributed by atoms with E-state index in [2.05, 4.69) is 13.2 Å². The average Bonchev–Trinajstić information content (AvgIpc) is 3.63. The Kier molecular flexibility index (Phi) is 10.8. The van der Waals surface area contributed by atoms with Gasteiger partial charge in [0, 0.05) is 31.9 Å². The van der Waals surface area contributed by atoms with E-state index < -0.39 is 29.1 Å². The first-order chi connectivity index (χ1) is 22.7. The van der Waals surface area contributed by atoms with E-state index in [1.54, 1.807) is 45.1 Å². The third kappa shape index (κ3) is 6.33. The molecular weight excluding hydrogens is 618 g/mol. The molecule has 2 aromatic carbocycles. The molecule has 2 unspecified atom stereocenters. The molecule has 2 bridgehead atoms. The quantitative estimate of drug-likeness (QED) is 0.180. The molecule has 0 aliphatic carbocycles. The van der Waals surface area contributed by atoms with E-state index in [0.717, 1.165) is 12.8 Å². The first kappa shape index (κ1) is 34.7. The Morgan fingerprint density at radius 3 is 2.36 bits per heavy atom. The zero-order valence-corrected chi connectivity index (χ0v) is 28.2. The Bertz CT molecular complexity index is 1480. The van der Waals surface area contributed by atoms with E-state index >= 15 is 0 Å². The SMILES string of the molecule is C=CCN(C(=O)[C@@H]1[C@H]2C(=O)N(CCCCCCO)C(C(=O)N(CC=C)c3ccccc3Cl)C23CC[C@@]1(C)O3)c1ccc(OCC)cc1. The van der Waals surface area contributed by atoms with Crippen molar-refractivity contribution in [2.75, 3.05) is 42.6 Å². The van der Waals surface area contributed by atoms with Crippen LogP contribution in [0.1, 0.15) is 52.4 Å². The Hall–Kier alpha value is -3.66. The van der Waals surface area contributed by atoms with E-state index in [-0.39, 0.29) is 37.4 Å². The minimum Gasteiger partial charge on any atom is -0.494 e. The molecule has 0 radical (unpaired) electrons. The monoisotopic (exact) mass is 663 g/mol. The maximum atomic E-state index is 14.8. The minimum atomic E-state index is -1.19. The fraction of sp³-hybridized carbons (Fsp3) is 0.486. The molecule has 9 nitrogen and oxygen atoms in total. The fourth-order valence-electron chi connectivity index (χ4n) is 7.83. The highest BCUT2D eigenvalue weighted by atomic mass is 35.5. The van der Waals surface area contributed by atoms with Crippen molar-refractivity contribution in [3.63, 3.8) is 0 Å². The summed E-state index contributed by atoms with van der Waals surface area (Å²) in [5, 5.41) is 9.67. The standard InChI is InChI=1S/C37H46ClN3O6/c1-5-22-39(26-16-18-27(19-17-26)46-7-3)33(43)30-31-34(44)41(24-12-8-9-13-25-42)32(37(31)21-20-36(30,4)47-37)35(45)40(23-6-2)29-15-11-10-14-28(29)38/h5-6,10-11,14-19,30-32,42H,1-2,7-9,12-13,20-25H2,3-4H3/t30-,31-,32?,36+,37?/m0/s1. The minimum absolute atomic E-state index is 0.106. The molecule has 252 valence electrons. The zero-order valence-electron chi connectivity index (χ0n) is 27.4. The summed E-state index contributed by atoms with van der Waals surface area (Å²) in [7, 11) is 0. The van der Waals surface area contributed by atoms with Gasteiger partial charge in [-0.25, -0.2) is 0 Å². The number of aliphatic hydroxyl groups excluding tert-OH is 1. The fourth-order valence-corrected chi connectivity index (χ4v) is 8.07. The first-order valence-corrected chi connectivity index (χ1v) is 17.0. The van der Waals surface area contributed by atoms with Gasteiger partial charge in [0.25, 0.3) is 5.91 Å². The van der Waals surface area contributed by atoms with Gasteiger partial charge in [-0.3, -0.25) is 14.4 Å². The van der Waals surface area contributed by atoms with Gasteiger partial charge in [-0.2, -0.15) is 0 Å². The summed E-state index contributed by atoms with van der Waals surface area (Å²) in [4.78, 5) is 49.0. The van der Waals surface area contributed by atoms with Crippen LogP contribution in [0.4, 0.5) is 11.4 Å². The van der Waals surface area contributed by atoms with Crippen LogP contribution in [0.3, 0.4) is 0 Å². The summed E-state index contributed by atoms with van der Waals surface area (Å²) in [6, 6.07) is 13.5. The summed E-state index contributed by atoms with van der Waals surface area (Å²) in [5.74, 6) is -1.74. The lowest BCUT2D eigenvalue weighted by atomic mass is 9.66. The summed E-state index contributed by atoms with van der Waals surface area (Å²) in [5.41, 5.74) is -0.948. The van der Waals surface area contributed by atoms with Crippen molar-refractivity contribution >= 4 is 40.7 Å². The molecule has 1 spiro atoms. The Labute approximate surface area is 282 Å². The number of hydrogen-bond donors (Lipinski definition) is 1. The predicted octanol–water partition coefficient (Wildman–Crippen LogP) is 5.79. The van der Waals surface area contributed by atoms with Crippen LogP contribution >= 0.6 is 11.6 Å². The van der Waals surface area contributed by atoms with Crippen molar-refractivity contribution in [2.45, 2.75) is 69.6 Å². The molecule has 3 heterocycles. The number of anilines is 2. The molecule has 0 saturated carbocycles. The molecule has 5 atom stereocenters. The lowest BCUT2D eigenvalue weighted by Crippen LogP contribution is -2.56. The number of para-hydroxylation sites is 1. The number of rotatable bonds is 16. The van der Waals surface area contributed by atoms with Crippen LogP contribution in [0.5, 0.6) is 5.75 Å². The van der Waals surface area contributed by atoms with Crippen LogP contribution in [0.2, 0.25) is 5.02 Å². The second kappa shape index (κ2) is 14.6. The number of ether oxygens (including phenoxy) is 2. The molecule has 5 rings (SSSR count). The number of aliphatic hydroxyl groups is 1. The summed E-state index contributed by atoms with van der Waals surface area (Å²) >= 11 is 6.60.